The van der Waals surface area contributed by atoms with Crippen molar-refractivity contribution in [3.63, 3.8) is 0 Å². The molecule has 4 heterocycles. The van der Waals surface area contributed by atoms with E-state index in [0.29, 0.717) is 30.6 Å². The number of aryl methyl sites for hydroxylation is 2. The fourth-order valence-electron chi connectivity index (χ4n) is 3.44. The molecule has 0 radical (unpaired) electrons. The van der Waals surface area contributed by atoms with E-state index in [4.69, 9.17) is 9.26 Å². The molecule has 3 aromatic heterocycles. The van der Waals surface area contributed by atoms with Gasteiger partial charge in [0.1, 0.15) is 18.6 Å². The van der Waals surface area contributed by atoms with Crippen LogP contribution < -0.4 is 0 Å². The van der Waals surface area contributed by atoms with Crippen molar-refractivity contribution >= 4 is 0 Å². The molecule has 136 valence electrons. The average molecular weight is 363 g/mol. The smallest absolute Gasteiger partial charge is 0.223 e. The van der Waals surface area contributed by atoms with E-state index in [0.717, 1.165) is 34.2 Å². The molecular weight excluding hydrogens is 346 g/mol. The summed E-state index contributed by atoms with van der Waals surface area (Å²) in [6.07, 6.45) is 1.79. The molecule has 9 heteroatoms. The number of nitrogens with zero attached hydrogens (tertiary/aromatic N) is 7. The molecule has 0 saturated carbocycles. The van der Waals surface area contributed by atoms with E-state index in [9.17, 15) is 0 Å². The molecule has 0 N–H and O–H groups in total. The molecule has 1 aromatic carbocycles. The maximum atomic E-state index is 5.31. The normalized spacial score (nSPS) is 12.4. The highest BCUT2D eigenvalue weighted by atomic mass is 16.5. The molecular formula is C18H17N7O2. The van der Waals surface area contributed by atoms with E-state index in [2.05, 4.69) is 59.6 Å². The van der Waals surface area contributed by atoms with E-state index in [1.165, 1.54) is 0 Å². The molecule has 27 heavy (non-hydrogen) atoms. The van der Waals surface area contributed by atoms with Gasteiger partial charge in [0, 0.05) is 19.6 Å². The van der Waals surface area contributed by atoms with Crippen molar-refractivity contribution in [3.8, 4) is 28.6 Å². The zero-order chi connectivity index (χ0) is 18.5. The van der Waals surface area contributed by atoms with Gasteiger partial charge in [-0.3, -0.25) is 4.57 Å². The molecule has 4 aromatic rings. The number of methoxy groups -OCH3 is 1. The average Bonchev–Trinajstić information content (AvgIpc) is 3.34. The molecule has 0 bridgehead atoms. The summed E-state index contributed by atoms with van der Waals surface area (Å²) in [5.41, 5.74) is 4.76. The molecule has 0 saturated heterocycles. The Hall–Kier alpha value is -3.33. The first-order valence-electron chi connectivity index (χ1n) is 8.55. The predicted molar refractivity (Wildman–Crippen MR) is 95.2 cm³/mol. The lowest BCUT2D eigenvalue weighted by molar-refractivity contribution is 0.174. The standard InChI is InChI=1S/C18H17N7O2/c1-10-4-5-13-12(6-10)18-22-21-15(8-26-3)24(18)7-14-16(19-9-25(13)14)17-20-11(2)27-23-17/h4-6,9H,7-8H2,1-3H3. The Morgan fingerprint density at radius 2 is 2.11 bits per heavy atom. The molecule has 0 atom stereocenters. The maximum Gasteiger partial charge on any atom is 0.223 e. The Morgan fingerprint density at radius 3 is 2.89 bits per heavy atom. The SMILES string of the molecule is COCc1nnc2n1Cc1c(-c3noc(C)n3)ncn1-c1ccc(C)cc1-2. The number of ether oxygens (including phenoxy) is 1. The topological polar surface area (TPSA) is 96.7 Å². The van der Waals surface area contributed by atoms with Crippen molar-refractivity contribution in [2.24, 2.45) is 0 Å². The highest BCUT2D eigenvalue weighted by molar-refractivity contribution is 5.71. The van der Waals surface area contributed by atoms with Crippen LogP contribution >= 0.6 is 0 Å². The molecule has 0 spiro atoms. The third-order valence-corrected chi connectivity index (χ3v) is 4.67. The van der Waals surface area contributed by atoms with Crippen LogP contribution in [-0.2, 0) is 17.9 Å². The van der Waals surface area contributed by atoms with Gasteiger partial charge < -0.3 is 13.8 Å². The number of fused-ring (bicyclic) bond motifs is 5. The Morgan fingerprint density at radius 1 is 1.22 bits per heavy atom. The molecule has 1 aliphatic rings. The van der Waals surface area contributed by atoms with Gasteiger partial charge in [0.05, 0.1) is 17.9 Å². The van der Waals surface area contributed by atoms with Crippen LogP contribution in [0.25, 0.3) is 28.6 Å². The molecule has 0 unspecified atom stereocenters. The van der Waals surface area contributed by atoms with E-state index >= 15 is 0 Å². The van der Waals surface area contributed by atoms with E-state index in [1.54, 1.807) is 20.4 Å². The van der Waals surface area contributed by atoms with Gasteiger partial charge in [0.15, 0.2) is 11.6 Å². The summed E-state index contributed by atoms with van der Waals surface area (Å²) in [5, 5.41) is 12.8. The van der Waals surface area contributed by atoms with Crippen LogP contribution in [0.1, 0.15) is 23.0 Å². The van der Waals surface area contributed by atoms with Crippen molar-refractivity contribution in [1.29, 1.82) is 0 Å². The van der Waals surface area contributed by atoms with Crippen LogP contribution in [0.2, 0.25) is 0 Å². The molecule has 9 nitrogen and oxygen atoms in total. The fourth-order valence-corrected chi connectivity index (χ4v) is 3.44. The number of imidazole rings is 1. The molecule has 0 fully saturated rings. The summed E-state index contributed by atoms with van der Waals surface area (Å²) in [4.78, 5) is 8.92. The maximum absolute atomic E-state index is 5.31. The summed E-state index contributed by atoms with van der Waals surface area (Å²) in [5.74, 6) is 2.53. The van der Waals surface area contributed by atoms with Gasteiger partial charge in [-0.05, 0) is 19.1 Å². The molecule has 5 rings (SSSR count). The third kappa shape index (κ3) is 2.39. The van der Waals surface area contributed by atoms with Crippen molar-refractivity contribution in [3.05, 3.63) is 47.5 Å². The van der Waals surface area contributed by atoms with Crippen molar-refractivity contribution in [2.75, 3.05) is 7.11 Å². The van der Waals surface area contributed by atoms with Gasteiger partial charge in [-0.1, -0.05) is 16.8 Å². The first-order chi connectivity index (χ1) is 13.2. The van der Waals surface area contributed by atoms with E-state index in [1.807, 2.05) is 0 Å². The molecule has 1 aliphatic heterocycles. The quantitative estimate of drug-likeness (QED) is 0.485. The second kappa shape index (κ2) is 5.85. The summed E-state index contributed by atoms with van der Waals surface area (Å²) < 4.78 is 14.6. The zero-order valence-corrected chi connectivity index (χ0v) is 15.2. The van der Waals surface area contributed by atoms with Crippen LogP contribution in [0, 0.1) is 13.8 Å². The van der Waals surface area contributed by atoms with Crippen LogP contribution in [0.5, 0.6) is 0 Å². The van der Waals surface area contributed by atoms with Gasteiger partial charge in [0.25, 0.3) is 0 Å². The Kier molecular flexibility index (Phi) is 3.44. The summed E-state index contributed by atoms with van der Waals surface area (Å²) in [6.45, 7) is 4.72. The monoisotopic (exact) mass is 363 g/mol. The molecule has 0 aliphatic carbocycles. The second-order valence-corrected chi connectivity index (χ2v) is 6.53. The Bertz CT molecular complexity index is 1150. The Labute approximate surface area is 154 Å². The highest BCUT2D eigenvalue weighted by Crippen LogP contribution is 2.34. The third-order valence-electron chi connectivity index (χ3n) is 4.67. The van der Waals surface area contributed by atoms with Crippen LogP contribution in [-0.4, -0.2) is 41.6 Å². The van der Waals surface area contributed by atoms with Crippen LogP contribution in [0.3, 0.4) is 0 Å². The van der Waals surface area contributed by atoms with Crippen molar-refractivity contribution < 1.29 is 9.26 Å². The van der Waals surface area contributed by atoms with E-state index in [-0.39, 0.29) is 0 Å². The Balaban J connectivity index is 1.79. The van der Waals surface area contributed by atoms with Gasteiger partial charge in [-0.25, -0.2) is 4.98 Å². The number of hydrogen-bond acceptors (Lipinski definition) is 7. The van der Waals surface area contributed by atoms with Gasteiger partial charge in [0.2, 0.25) is 11.7 Å². The van der Waals surface area contributed by atoms with Crippen LogP contribution in [0.4, 0.5) is 0 Å². The zero-order valence-electron chi connectivity index (χ0n) is 15.2. The minimum Gasteiger partial charge on any atom is -0.377 e. The minimum atomic E-state index is 0.374. The summed E-state index contributed by atoms with van der Waals surface area (Å²) in [7, 11) is 1.65. The fraction of sp³-hybridized carbons (Fsp3) is 0.278. The van der Waals surface area contributed by atoms with Gasteiger partial charge in [-0.2, -0.15) is 4.98 Å². The van der Waals surface area contributed by atoms with Crippen molar-refractivity contribution in [2.45, 2.75) is 27.0 Å². The first-order valence-corrected chi connectivity index (χ1v) is 8.55. The van der Waals surface area contributed by atoms with Crippen molar-refractivity contribution in [1.82, 2.24) is 34.5 Å². The number of hydrogen-bond donors (Lipinski definition) is 0. The second-order valence-electron chi connectivity index (χ2n) is 6.53. The van der Waals surface area contributed by atoms with Crippen LogP contribution in [0.15, 0.2) is 29.0 Å². The lowest BCUT2D eigenvalue weighted by Gasteiger charge is -2.09. The number of benzene rings is 1. The van der Waals surface area contributed by atoms with Gasteiger partial charge >= 0.3 is 0 Å². The number of aromatic nitrogens is 7. The number of rotatable bonds is 3. The lowest BCUT2D eigenvalue weighted by atomic mass is 10.1. The summed E-state index contributed by atoms with van der Waals surface area (Å²) >= 11 is 0. The largest absolute Gasteiger partial charge is 0.377 e. The minimum absolute atomic E-state index is 0.374. The van der Waals surface area contributed by atoms with E-state index < -0.39 is 0 Å². The predicted octanol–water partition coefficient (Wildman–Crippen LogP) is 2.31. The van der Waals surface area contributed by atoms with Gasteiger partial charge in [-0.15, -0.1) is 10.2 Å². The lowest BCUT2D eigenvalue weighted by Crippen LogP contribution is -2.09. The first kappa shape index (κ1) is 15.9. The summed E-state index contributed by atoms with van der Waals surface area (Å²) in [6, 6.07) is 6.25. The highest BCUT2D eigenvalue weighted by Gasteiger charge is 2.27. The molecule has 0 amide bonds.